The van der Waals surface area contributed by atoms with Gasteiger partial charge in [-0.15, -0.1) is 0 Å². The standard InChI is InChI=1S/C17H16ClN3O/c1-21-15-8-3-2-7-14(15)20-16(21)11-19-17(22)10-12-5-4-6-13(18)9-12/h2-9H,10-11H2,1H3,(H,19,22). The first kappa shape index (κ1) is 14.6. The van der Waals surface area contributed by atoms with Crippen LogP contribution in [0.2, 0.25) is 5.02 Å². The SMILES string of the molecule is Cn1c(CNC(=O)Cc2cccc(Cl)c2)nc2ccccc21. The van der Waals surface area contributed by atoms with Crippen LogP contribution in [0.5, 0.6) is 0 Å². The summed E-state index contributed by atoms with van der Waals surface area (Å²) in [7, 11) is 1.95. The normalized spacial score (nSPS) is 10.8. The number of halogens is 1. The molecule has 1 amide bonds. The molecule has 0 aliphatic carbocycles. The van der Waals surface area contributed by atoms with Crippen molar-refractivity contribution in [2.24, 2.45) is 7.05 Å². The number of rotatable bonds is 4. The second kappa shape index (κ2) is 6.20. The highest BCUT2D eigenvalue weighted by Gasteiger charge is 2.09. The van der Waals surface area contributed by atoms with Crippen molar-refractivity contribution < 1.29 is 4.79 Å². The highest BCUT2D eigenvalue weighted by Crippen LogP contribution is 2.14. The molecule has 2 aromatic carbocycles. The fourth-order valence-corrected chi connectivity index (χ4v) is 2.64. The first-order valence-electron chi connectivity index (χ1n) is 7.05. The molecule has 0 radical (unpaired) electrons. The minimum atomic E-state index is -0.0469. The van der Waals surface area contributed by atoms with Gasteiger partial charge in [-0.25, -0.2) is 4.98 Å². The van der Waals surface area contributed by atoms with Gasteiger partial charge in [0.1, 0.15) is 5.82 Å². The van der Waals surface area contributed by atoms with E-state index in [1.54, 1.807) is 12.1 Å². The third-order valence-corrected chi connectivity index (χ3v) is 3.81. The van der Waals surface area contributed by atoms with Crippen LogP contribution >= 0.6 is 11.6 Å². The summed E-state index contributed by atoms with van der Waals surface area (Å²) in [6.45, 7) is 0.407. The van der Waals surface area contributed by atoms with Crippen LogP contribution in [0.1, 0.15) is 11.4 Å². The summed E-state index contributed by atoms with van der Waals surface area (Å²) in [6.07, 6.45) is 0.310. The monoisotopic (exact) mass is 313 g/mol. The summed E-state index contributed by atoms with van der Waals surface area (Å²) in [5.74, 6) is 0.787. The minimum absolute atomic E-state index is 0.0469. The van der Waals surface area contributed by atoms with Gasteiger partial charge in [0.15, 0.2) is 0 Å². The molecule has 0 bridgehead atoms. The Morgan fingerprint density at radius 1 is 1.23 bits per heavy atom. The Hall–Kier alpha value is -2.33. The van der Waals surface area contributed by atoms with Crippen LogP contribution in [0.3, 0.4) is 0 Å². The van der Waals surface area contributed by atoms with E-state index >= 15 is 0 Å². The molecule has 1 N–H and O–H groups in total. The van der Waals surface area contributed by atoms with Gasteiger partial charge in [0.05, 0.1) is 24.0 Å². The molecule has 1 heterocycles. The number of aryl methyl sites for hydroxylation is 1. The van der Waals surface area contributed by atoms with Crippen LogP contribution in [-0.2, 0) is 24.8 Å². The van der Waals surface area contributed by atoms with E-state index in [1.807, 2.05) is 48.0 Å². The van der Waals surface area contributed by atoms with E-state index in [9.17, 15) is 4.79 Å². The number of carbonyl (C=O) groups excluding carboxylic acids is 1. The zero-order valence-corrected chi connectivity index (χ0v) is 13.0. The van der Waals surface area contributed by atoms with Crippen LogP contribution in [0.15, 0.2) is 48.5 Å². The number of carbonyl (C=O) groups is 1. The molecule has 5 heteroatoms. The average molecular weight is 314 g/mol. The van der Waals surface area contributed by atoms with Gasteiger partial charge in [0.25, 0.3) is 0 Å². The highest BCUT2D eigenvalue weighted by atomic mass is 35.5. The van der Waals surface area contributed by atoms with Gasteiger partial charge < -0.3 is 9.88 Å². The summed E-state index contributed by atoms with van der Waals surface area (Å²) in [4.78, 5) is 16.6. The number of hydrogen-bond donors (Lipinski definition) is 1. The first-order chi connectivity index (χ1) is 10.6. The number of amides is 1. The molecular formula is C17H16ClN3O. The van der Waals surface area contributed by atoms with Crippen molar-refractivity contribution in [3.63, 3.8) is 0 Å². The van der Waals surface area contributed by atoms with Gasteiger partial charge in [-0.1, -0.05) is 35.9 Å². The largest absolute Gasteiger partial charge is 0.349 e. The molecule has 3 aromatic rings. The maximum absolute atomic E-state index is 12.0. The molecule has 3 rings (SSSR count). The van der Waals surface area contributed by atoms with Crippen molar-refractivity contribution in [2.75, 3.05) is 0 Å². The van der Waals surface area contributed by atoms with Crippen molar-refractivity contribution in [2.45, 2.75) is 13.0 Å². The Labute approximate surface area is 133 Å². The van der Waals surface area contributed by atoms with Gasteiger partial charge in [-0.3, -0.25) is 4.79 Å². The molecule has 4 nitrogen and oxygen atoms in total. The summed E-state index contributed by atoms with van der Waals surface area (Å²) in [5, 5.41) is 3.54. The van der Waals surface area contributed by atoms with Gasteiger partial charge in [0.2, 0.25) is 5.91 Å². The third kappa shape index (κ3) is 3.12. The zero-order valence-electron chi connectivity index (χ0n) is 12.2. The Morgan fingerprint density at radius 3 is 2.82 bits per heavy atom. The van der Waals surface area contributed by atoms with Crippen molar-refractivity contribution in [3.8, 4) is 0 Å². The van der Waals surface area contributed by atoms with Gasteiger partial charge >= 0.3 is 0 Å². The highest BCUT2D eigenvalue weighted by molar-refractivity contribution is 6.30. The number of benzene rings is 2. The van der Waals surface area contributed by atoms with Gasteiger partial charge in [0, 0.05) is 12.1 Å². The molecule has 0 atom stereocenters. The van der Waals surface area contributed by atoms with E-state index in [0.717, 1.165) is 22.4 Å². The quantitative estimate of drug-likeness (QED) is 0.804. The number of nitrogens with zero attached hydrogens (tertiary/aromatic N) is 2. The lowest BCUT2D eigenvalue weighted by molar-refractivity contribution is -0.120. The van der Waals surface area contributed by atoms with Crippen molar-refractivity contribution in [1.82, 2.24) is 14.9 Å². The first-order valence-corrected chi connectivity index (χ1v) is 7.43. The zero-order chi connectivity index (χ0) is 15.5. The molecule has 0 saturated heterocycles. The topological polar surface area (TPSA) is 46.9 Å². The van der Waals surface area contributed by atoms with E-state index in [0.29, 0.717) is 18.0 Å². The predicted octanol–water partition coefficient (Wildman–Crippen LogP) is 3.09. The second-order valence-corrected chi connectivity index (χ2v) is 5.60. The lowest BCUT2D eigenvalue weighted by Crippen LogP contribution is -2.25. The molecule has 1 aromatic heterocycles. The number of nitrogens with one attached hydrogen (secondary N) is 1. The van der Waals surface area contributed by atoms with Crippen LogP contribution in [-0.4, -0.2) is 15.5 Å². The Morgan fingerprint density at radius 2 is 2.05 bits per heavy atom. The Balaban J connectivity index is 1.66. The van der Waals surface area contributed by atoms with Crippen molar-refractivity contribution in [1.29, 1.82) is 0 Å². The van der Waals surface area contributed by atoms with Crippen molar-refractivity contribution in [3.05, 3.63) is 64.9 Å². The molecule has 0 aliphatic heterocycles. The number of hydrogen-bond acceptors (Lipinski definition) is 2. The lowest BCUT2D eigenvalue weighted by atomic mass is 10.1. The van der Waals surface area contributed by atoms with Crippen LogP contribution in [0.4, 0.5) is 0 Å². The maximum atomic E-state index is 12.0. The van der Waals surface area contributed by atoms with E-state index in [2.05, 4.69) is 10.3 Å². The van der Waals surface area contributed by atoms with Gasteiger partial charge in [-0.05, 0) is 29.8 Å². The molecule has 22 heavy (non-hydrogen) atoms. The molecule has 0 unspecified atom stereocenters. The average Bonchev–Trinajstić information content (AvgIpc) is 2.82. The molecule has 0 saturated carbocycles. The molecule has 112 valence electrons. The van der Waals surface area contributed by atoms with E-state index < -0.39 is 0 Å². The number of fused-ring (bicyclic) bond motifs is 1. The van der Waals surface area contributed by atoms with Crippen LogP contribution < -0.4 is 5.32 Å². The summed E-state index contributed by atoms with van der Waals surface area (Å²) in [5.41, 5.74) is 2.89. The molecule has 0 fully saturated rings. The molecule has 0 spiro atoms. The lowest BCUT2D eigenvalue weighted by Gasteiger charge is -2.06. The van der Waals surface area contributed by atoms with E-state index in [4.69, 9.17) is 11.6 Å². The second-order valence-electron chi connectivity index (χ2n) is 5.16. The smallest absolute Gasteiger partial charge is 0.224 e. The molecule has 0 aliphatic rings. The Kier molecular flexibility index (Phi) is 4.11. The number of imidazole rings is 1. The minimum Gasteiger partial charge on any atom is -0.349 e. The van der Waals surface area contributed by atoms with Crippen molar-refractivity contribution >= 4 is 28.5 Å². The number of aromatic nitrogens is 2. The fourth-order valence-electron chi connectivity index (χ4n) is 2.43. The van der Waals surface area contributed by atoms with E-state index in [-0.39, 0.29) is 5.91 Å². The summed E-state index contributed by atoms with van der Waals surface area (Å²) in [6, 6.07) is 15.2. The Bertz CT molecular complexity index is 826. The summed E-state index contributed by atoms with van der Waals surface area (Å²) >= 11 is 5.92. The van der Waals surface area contributed by atoms with Crippen LogP contribution in [0, 0.1) is 0 Å². The maximum Gasteiger partial charge on any atom is 0.224 e. The van der Waals surface area contributed by atoms with Crippen LogP contribution in [0.25, 0.3) is 11.0 Å². The summed E-state index contributed by atoms with van der Waals surface area (Å²) < 4.78 is 2.00. The predicted molar refractivity (Wildman–Crippen MR) is 87.7 cm³/mol. The van der Waals surface area contributed by atoms with Gasteiger partial charge in [-0.2, -0.15) is 0 Å². The molecular weight excluding hydrogens is 298 g/mol. The third-order valence-electron chi connectivity index (χ3n) is 3.58. The fraction of sp³-hybridized carbons (Fsp3) is 0.176. The van der Waals surface area contributed by atoms with E-state index in [1.165, 1.54) is 0 Å². The number of para-hydroxylation sites is 2.